The number of halogens is 4. The molecule has 1 aromatic rings. The van der Waals surface area contributed by atoms with Crippen LogP contribution in [0.25, 0.3) is 0 Å². The highest BCUT2D eigenvalue weighted by molar-refractivity contribution is 5.43. The quantitative estimate of drug-likeness (QED) is 0.480. The Bertz CT molecular complexity index is 380. The van der Waals surface area contributed by atoms with Gasteiger partial charge in [0.25, 0.3) is 6.36 Å². The average Bonchev–Trinajstić information content (AvgIpc) is 2.14. The van der Waals surface area contributed by atoms with E-state index in [4.69, 9.17) is 0 Å². The predicted molar refractivity (Wildman–Crippen MR) is 37.3 cm³/mol. The van der Waals surface area contributed by atoms with E-state index in [0.717, 1.165) is 0 Å². The molecule has 1 unspecified atom stereocenters. The summed E-state index contributed by atoms with van der Waals surface area (Å²) in [6.07, 6.45) is -1.80. The SMILES string of the molecule is Fc1cc2c(c(F)c1F)OCC(F)O2. The van der Waals surface area contributed by atoms with E-state index < -0.39 is 41.9 Å². The molecule has 14 heavy (non-hydrogen) atoms. The molecule has 1 aliphatic rings. The minimum atomic E-state index is -1.80. The van der Waals surface area contributed by atoms with Gasteiger partial charge in [0.1, 0.15) is 0 Å². The number of hydrogen-bond donors (Lipinski definition) is 0. The Kier molecular flexibility index (Phi) is 1.98. The molecule has 0 aliphatic carbocycles. The molecule has 2 rings (SSSR count). The van der Waals surface area contributed by atoms with Crippen LogP contribution in [0.5, 0.6) is 11.5 Å². The van der Waals surface area contributed by atoms with E-state index in [1.807, 2.05) is 0 Å². The molecule has 0 spiro atoms. The van der Waals surface area contributed by atoms with Crippen molar-refractivity contribution in [2.75, 3.05) is 6.61 Å². The van der Waals surface area contributed by atoms with E-state index in [2.05, 4.69) is 9.47 Å². The van der Waals surface area contributed by atoms with Gasteiger partial charge in [-0.1, -0.05) is 0 Å². The van der Waals surface area contributed by atoms with Gasteiger partial charge in [0.15, 0.2) is 24.0 Å². The summed E-state index contributed by atoms with van der Waals surface area (Å²) in [6, 6.07) is 0.541. The molecule has 0 radical (unpaired) electrons. The van der Waals surface area contributed by atoms with E-state index in [1.54, 1.807) is 0 Å². The molecule has 6 heteroatoms. The van der Waals surface area contributed by atoms with Gasteiger partial charge >= 0.3 is 0 Å². The van der Waals surface area contributed by atoms with Crippen LogP contribution in [0.15, 0.2) is 6.07 Å². The van der Waals surface area contributed by atoms with Crippen LogP contribution in [-0.2, 0) is 0 Å². The summed E-state index contributed by atoms with van der Waals surface area (Å²) in [5, 5.41) is 0. The Hall–Kier alpha value is -1.46. The van der Waals surface area contributed by atoms with Gasteiger partial charge in [-0.3, -0.25) is 0 Å². The Morgan fingerprint density at radius 2 is 1.93 bits per heavy atom. The van der Waals surface area contributed by atoms with Gasteiger partial charge in [0.2, 0.25) is 11.6 Å². The fraction of sp³-hybridized carbons (Fsp3) is 0.250. The first kappa shape index (κ1) is 9.11. The van der Waals surface area contributed by atoms with Crippen LogP contribution in [0.3, 0.4) is 0 Å². The second kappa shape index (κ2) is 3.04. The number of ether oxygens (including phenoxy) is 2. The first-order valence-electron chi connectivity index (χ1n) is 3.70. The minimum absolute atomic E-state index is 0.472. The van der Waals surface area contributed by atoms with Gasteiger partial charge in [0, 0.05) is 6.07 Å². The average molecular weight is 208 g/mol. The van der Waals surface area contributed by atoms with Gasteiger partial charge in [0.05, 0.1) is 0 Å². The predicted octanol–water partition coefficient (Wildman–Crippen LogP) is 2.17. The molecule has 2 nitrogen and oxygen atoms in total. The lowest BCUT2D eigenvalue weighted by Gasteiger charge is -2.21. The van der Waals surface area contributed by atoms with Crippen molar-refractivity contribution in [1.82, 2.24) is 0 Å². The molecule has 1 atom stereocenters. The van der Waals surface area contributed by atoms with Crippen LogP contribution < -0.4 is 9.47 Å². The summed E-state index contributed by atoms with van der Waals surface area (Å²) in [6.45, 7) is -0.547. The number of benzene rings is 1. The number of alkyl halides is 1. The Morgan fingerprint density at radius 3 is 2.64 bits per heavy atom. The van der Waals surface area contributed by atoms with Crippen molar-refractivity contribution >= 4 is 0 Å². The molecule has 0 fully saturated rings. The third kappa shape index (κ3) is 1.26. The summed E-state index contributed by atoms with van der Waals surface area (Å²) in [4.78, 5) is 0. The number of hydrogen-bond acceptors (Lipinski definition) is 2. The van der Waals surface area contributed by atoms with Crippen molar-refractivity contribution in [3.8, 4) is 11.5 Å². The third-order valence-electron chi connectivity index (χ3n) is 1.70. The van der Waals surface area contributed by atoms with Crippen molar-refractivity contribution in [3.63, 3.8) is 0 Å². The molecule has 0 N–H and O–H groups in total. The number of fused-ring (bicyclic) bond motifs is 1. The number of rotatable bonds is 0. The van der Waals surface area contributed by atoms with E-state index >= 15 is 0 Å². The van der Waals surface area contributed by atoms with Crippen LogP contribution in [0.4, 0.5) is 17.6 Å². The second-order valence-electron chi connectivity index (χ2n) is 2.65. The summed E-state index contributed by atoms with van der Waals surface area (Å²) < 4.78 is 59.7. The molecule has 0 amide bonds. The largest absolute Gasteiger partial charge is 0.480 e. The molecule has 76 valence electrons. The molecular formula is C8H4F4O2. The lowest BCUT2D eigenvalue weighted by atomic mass is 10.2. The second-order valence-corrected chi connectivity index (χ2v) is 2.65. The lowest BCUT2D eigenvalue weighted by Crippen LogP contribution is -2.25. The van der Waals surface area contributed by atoms with Crippen molar-refractivity contribution in [2.45, 2.75) is 6.36 Å². The zero-order chi connectivity index (χ0) is 10.3. The Balaban J connectivity index is 2.54. The molecule has 1 aliphatic heterocycles. The molecular weight excluding hydrogens is 204 g/mol. The summed E-state index contributed by atoms with van der Waals surface area (Å²) >= 11 is 0. The standard InChI is InChI=1S/C8H4F4O2/c9-3-1-4-8(7(12)6(3)11)13-2-5(10)14-4/h1,5H,2H2. The molecule has 0 aromatic heterocycles. The molecule has 0 saturated heterocycles. The maximum Gasteiger partial charge on any atom is 0.272 e. The summed E-state index contributed by atoms with van der Waals surface area (Å²) in [5.41, 5.74) is 0. The fourth-order valence-electron chi connectivity index (χ4n) is 1.10. The molecule has 1 heterocycles. The molecule has 0 bridgehead atoms. The summed E-state index contributed by atoms with van der Waals surface area (Å²) in [5.74, 6) is -5.69. The topological polar surface area (TPSA) is 18.5 Å². The highest BCUT2D eigenvalue weighted by Gasteiger charge is 2.27. The van der Waals surface area contributed by atoms with Crippen molar-refractivity contribution < 1.29 is 27.0 Å². The van der Waals surface area contributed by atoms with Crippen LogP contribution >= 0.6 is 0 Å². The maximum atomic E-state index is 12.9. The van der Waals surface area contributed by atoms with E-state index in [1.165, 1.54) is 0 Å². The van der Waals surface area contributed by atoms with Gasteiger partial charge < -0.3 is 9.47 Å². The normalized spacial score (nSPS) is 19.6. The van der Waals surface area contributed by atoms with Gasteiger partial charge in [-0.05, 0) is 0 Å². The van der Waals surface area contributed by atoms with Crippen molar-refractivity contribution in [2.24, 2.45) is 0 Å². The van der Waals surface area contributed by atoms with Crippen molar-refractivity contribution in [1.29, 1.82) is 0 Å². The molecule has 0 saturated carbocycles. The van der Waals surface area contributed by atoms with Crippen LogP contribution in [0, 0.1) is 17.5 Å². The van der Waals surface area contributed by atoms with E-state index in [0.29, 0.717) is 6.07 Å². The zero-order valence-corrected chi connectivity index (χ0v) is 6.69. The highest BCUT2D eigenvalue weighted by atomic mass is 19.2. The van der Waals surface area contributed by atoms with Crippen LogP contribution in [0.2, 0.25) is 0 Å². The van der Waals surface area contributed by atoms with E-state index in [-0.39, 0.29) is 0 Å². The summed E-state index contributed by atoms with van der Waals surface area (Å²) in [7, 11) is 0. The van der Waals surface area contributed by atoms with Gasteiger partial charge in [-0.15, -0.1) is 0 Å². The third-order valence-corrected chi connectivity index (χ3v) is 1.70. The monoisotopic (exact) mass is 208 g/mol. The minimum Gasteiger partial charge on any atom is -0.480 e. The highest BCUT2D eigenvalue weighted by Crippen LogP contribution is 2.36. The van der Waals surface area contributed by atoms with E-state index in [9.17, 15) is 17.6 Å². The van der Waals surface area contributed by atoms with Gasteiger partial charge in [-0.2, -0.15) is 8.78 Å². The maximum absolute atomic E-state index is 12.9. The lowest BCUT2D eigenvalue weighted by molar-refractivity contribution is -0.00615. The van der Waals surface area contributed by atoms with Gasteiger partial charge in [-0.25, -0.2) is 8.78 Å². The van der Waals surface area contributed by atoms with Crippen LogP contribution in [-0.4, -0.2) is 13.0 Å². The smallest absolute Gasteiger partial charge is 0.272 e. The zero-order valence-electron chi connectivity index (χ0n) is 6.69. The first-order valence-corrected chi connectivity index (χ1v) is 3.70. The van der Waals surface area contributed by atoms with Crippen LogP contribution in [0.1, 0.15) is 0 Å². The fourth-order valence-corrected chi connectivity index (χ4v) is 1.10. The molecule has 1 aromatic carbocycles. The first-order chi connectivity index (χ1) is 6.59. The Labute approximate surface area is 76.0 Å². The van der Waals surface area contributed by atoms with Crippen molar-refractivity contribution in [3.05, 3.63) is 23.5 Å². The Morgan fingerprint density at radius 1 is 1.21 bits per heavy atom.